The number of hydrogen-bond donors (Lipinski definition) is 1. The molecule has 0 atom stereocenters. The number of non-ortho nitro benzene ring substituents is 1. The summed E-state index contributed by atoms with van der Waals surface area (Å²) >= 11 is 1.96. The van der Waals surface area contributed by atoms with Crippen LogP contribution >= 0.6 is 22.6 Å². The molecular formula is C8H6IN3O2. The smallest absolute Gasteiger partial charge is 0.271 e. The van der Waals surface area contributed by atoms with Crippen LogP contribution in [0.25, 0.3) is 0 Å². The number of nitro benzene ring substituents is 1. The second-order valence-electron chi connectivity index (χ2n) is 2.54. The third kappa shape index (κ3) is 2.00. The summed E-state index contributed by atoms with van der Waals surface area (Å²) in [6.07, 6.45) is 0. The summed E-state index contributed by atoms with van der Waals surface area (Å²) in [6, 6.07) is 4.54. The van der Waals surface area contributed by atoms with Crippen molar-refractivity contribution in [1.82, 2.24) is 0 Å². The van der Waals surface area contributed by atoms with Crippen LogP contribution in [0.2, 0.25) is 0 Å². The maximum absolute atomic E-state index is 10.5. The van der Waals surface area contributed by atoms with Gasteiger partial charge in [-0.05, 0) is 28.2 Å². The zero-order valence-corrected chi connectivity index (χ0v) is 9.19. The van der Waals surface area contributed by atoms with E-state index in [4.69, 9.17) is 11.0 Å². The zero-order chi connectivity index (χ0) is 10.7. The minimum absolute atomic E-state index is 0.0950. The van der Waals surface area contributed by atoms with Crippen LogP contribution in [0, 0.1) is 25.0 Å². The number of nitrogens with two attached hydrogens (primary N) is 1. The first-order valence-electron chi connectivity index (χ1n) is 3.67. The van der Waals surface area contributed by atoms with Crippen molar-refractivity contribution >= 4 is 28.3 Å². The molecule has 1 rings (SSSR count). The SMILES string of the molecule is N#Cc1cc([N+](=O)[O-])cc(CN)c1I. The highest BCUT2D eigenvalue weighted by Crippen LogP contribution is 2.23. The first kappa shape index (κ1) is 10.9. The number of nitro groups is 1. The van der Waals surface area contributed by atoms with E-state index in [-0.39, 0.29) is 12.2 Å². The third-order valence-electron chi connectivity index (χ3n) is 1.68. The van der Waals surface area contributed by atoms with Crippen LogP contribution < -0.4 is 5.73 Å². The van der Waals surface area contributed by atoms with E-state index in [9.17, 15) is 10.1 Å². The Bertz CT molecular complexity index is 425. The van der Waals surface area contributed by atoms with Crippen molar-refractivity contribution in [3.63, 3.8) is 0 Å². The number of hydrogen-bond acceptors (Lipinski definition) is 4. The fourth-order valence-electron chi connectivity index (χ4n) is 1.00. The lowest BCUT2D eigenvalue weighted by Crippen LogP contribution is -2.02. The third-order valence-corrected chi connectivity index (χ3v) is 2.96. The second kappa shape index (κ2) is 4.34. The molecule has 72 valence electrons. The summed E-state index contributed by atoms with van der Waals surface area (Å²) in [5.74, 6) is 0. The Balaban J connectivity index is 3.41. The van der Waals surface area contributed by atoms with Crippen molar-refractivity contribution in [2.24, 2.45) is 5.73 Å². The van der Waals surface area contributed by atoms with Crippen molar-refractivity contribution in [2.45, 2.75) is 6.54 Å². The quantitative estimate of drug-likeness (QED) is 0.509. The molecule has 2 N–H and O–H groups in total. The van der Waals surface area contributed by atoms with E-state index in [1.807, 2.05) is 28.7 Å². The van der Waals surface area contributed by atoms with Crippen LogP contribution in [0.5, 0.6) is 0 Å². The fourth-order valence-corrected chi connectivity index (χ4v) is 1.66. The molecule has 0 aromatic heterocycles. The van der Waals surface area contributed by atoms with Crippen LogP contribution in [0.4, 0.5) is 5.69 Å². The molecule has 0 amide bonds. The molecule has 0 aliphatic carbocycles. The van der Waals surface area contributed by atoms with E-state index in [0.29, 0.717) is 14.7 Å². The van der Waals surface area contributed by atoms with Gasteiger partial charge in [0.25, 0.3) is 5.69 Å². The highest BCUT2D eigenvalue weighted by molar-refractivity contribution is 14.1. The maximum Gasteiger partial charge on any atom is 0.271 e. The first-order chi connectivity index (χ1) is 6.60. The van der Waals surface area contributed by atoms with Gasteiger partial charge in [0.2, 0.25) is 0 Å². The Morgan fingerprint density at radius 1 is 1.64 bits per heavy atom. The maximum atomic E-state index is 10.5. The molecule has 0 radical (unpaired) electrons. The average molecular weight is 303 g/mol. The van der Waals surface area contributed by atoms with Gasteiger partial charge >= 0.3 is 0 Å². The molecule has 1 aromatic rings. The van der Waals surface area contributed by atoms with Gasteiger partial charge in [0, 0.05) is 22.2 Å². The predicted molar refractivity (Wildman–Crippen MR) is 58.4 cm³/mol. The summed E-state index contributed by atoms with van der Waals surface area (Å²) in [6.45, 7) is 0.189. The number of rotatable bonds is 2. The van der Waals surface area contributed by atoms with E-state index >= 15 is 0 Å². The number of benzene rings is 1. The van der Waals surface area contributed by atoms with Crippen molar-refractivity contribution < 1.29 is 4.92 Å². The van der Waals surface area contributed by atoms with Crippen molar-refractivity contribution in [3.05, 3.63) is 36.9 Å². The van der Waals surface area contributed by atoms with Gasteiger partial charge in [-0.2, -0.15) is 5.26 Å². The van der Waals surface area contributed by atoms with Gasteiger partial charge < -0.3 is 5.73 Å². The van der Waals surface area contributed by atoms with Gasteiger partial charge in [-0.1, -0.05) is 0 Å². The molecule has 0 aliphatic rings. The second-order valence-corrected chi connectivity index (χ2v) is 3.62. The molecule has 14 heavy (non-hydrogen) atoms. The molecule has 0 heterocycles. The predicted octanol–water partition coefficient (Wildman–Crippen LogP) is 1.53. The normalized spacial score (nSPS) is 9.50. The van der Waals surface area contributed by atoms with Crippen LogP contribution in [0.1, 0.15) is 11.1 Å². The zero-order valence-electron chi connectivity index (χ0n) is 7.03. The molecule has 0 spiro atoms. The summed E-state index contributed by atoms with van der Waals surface area (Å²) in [4.78, 5) is 9.97. The van der Waals surface area contributed by atoms with E-state index in [0.717, 1.165) is 0 Å². The summed E-state index contributed by atoms with van der Waals surface area (Å²) in [5, 5.41) is 19.2. The molecule has 5 nitrogen and oxygen atoms in total. The Morgan fingerprint density at radius 2 is 2.29 bits per heavy atom. The van der Waals surface area contributed by atoms with Crippen LogP contribution in [0.15, 0.2) is 12.1 Å². The standard InChI is InChI=1S/C8H6IN3O2/c9-8-5(3-10)1-7(12(13)14)2-6(8)4-11/h1-2H,3,10H2. The van der Waals surface area contributed by atoms with Crippen molar-refractivity contribution in [2.75, 3.05) is 0 Å². The Morgan fingerprint density at radius 3 is 2.71 bits per heavy atom. The molecule has 0 fully saturated rings. The van der Waals surface area contributed by atoms with Gasteiger partial charge in [-0.25, -0.2) is 0 Å². The minimum atomic E-state index is -0.532. The molecular weight excluding hydrogens is 297 g/mol. The van der Waals surface area contributed by atoms with E-state index in [1.54, 1.807) is 0 Å². The lowest BCUT2D eigenvalue weighted by atomic mass is 10.1. The van der Waals surface area contributed by atoms with Crippen LogP contribution in [-0.4, -0.2) is 4.92 Å². The Labute approximate surface area is 93.8 Å². The highest BCUT2D eigenvalue weighted by Gasteiger charge is 2.13. The Hall–Kier alpha value is -1.20. The van der Waals surface area contributed by atoms with E-state index < -0.39 is 4.92 Å². The first-order valence-corrected chi connectivity index (χ1v) is 4.75. The summed E-state index contributed by atoms with van der Waals surface area (Å²) < 4.78 is 0.679. The molecule has 0 unspecified atom stereocenters. The minimum Gasteiger partial charge on any atom is -0.326 e. The van der Waals surface area contributed by atoms with Crippen molar-refractivity contribution in [1.29, 1.82) is 5.26 Å². The van der Waals surface area contributed by atoms with Gasteiger partial charge in [0.1, 0.15) is 6.07 Å². The molecule has 0 aliphatic heterocycles. The number of nitriles is 1. The van der Waals surface area contributed by atoms with E-state index in [2.05, 4.69) is 0 Å². The topological polar surface area (TPSA) is 92.9 Å². The monoisotopic (exact) mass is 303 g/mol. The van der Waals surface area contributed by atoms with Crippen LogP contribution in [0.3, 0.4) is 0 Å². The van der Waals surface area contributed by atoms with Gasteiger partial charge in [0.05, 0.1) is 10.5 Å². The van der Waals surface area contributed by atoms with E-state index in [1.165, 1.54) is 12.1 Å². The number of nitrogens with zero attached hydrogens (tertiary/aromatic N) is 2. The lowest BCUT2D eigenvalue weighted by molar-refractivity contribution is -0.385. The van der Waals surface area contributed by atoms with Gasteiger partial charge in [0.15, 0.2) is 0 Å². The molecule has 0 saturated heterocycles. The summed E-state index contributed by atoms with van der Waals surface area (Å²) in [7, 11) is 0. The van der Waals surface area contributed by atoms with Gasteiger partial charge in [-0.3, -0.25) is 10.1 Å². The molecule has 1 aromatic carbocycles. The summed E-state index contributed by atoms with van der Waals surface area (Å²) in [5.41, 5.74) is 6.23. The van der Waals surface area contributed by atoms with Crippen LogP contribution in [-0.2, 0) is 6.54 Å². The molecule has 0 bridgehead atoms. The lowest BCUT2D eigenvalue weighted by Gasteiger charge is -2.02. The molecule has 6 heteroatoms. The van der Waals surface area contributed by atoms with Gasteiger partial charge in [-0.15, -0.1) is 0 Å². The largest absolute Gasteiger partial charge is 0.326 e. The van der Waals surface area contributed by atoms with Crippen molar-refractivity contribution in [3.8, 4) is 6.07 Å². The fraction of sp³-hybridized carbons (Fsp3) is 0.125. The highest BCUT2D eigenvalue weighted by atomic mass is 127. The molecule has 0 saturated carbocycles. The average Bonchev–Trinajstić information content (AvgIpc) is 2.17. The number of halogens is 1. The Kier molecular flexibility index (Phi) is 3.38.